The van der Waals surface area contributed by atoms with Gasteiger partial charge in [-0.05, 0) is 81.5 Å². The maximum absolute atomic E-state index is 13.9. The number of aryl methyl sites for hydroxylation is 4. The number of benzene rings is 2. The van der Waals surface area contributed by atoms with E-state index in [2.05, 4.69) is 11.1 Å². The molecule has 0 bridgehead atoms. The van der Waals surface area contributed by atoms with E-state index in [0.29, 0.717) is 30.0 Å². The fourth-order valence-electron chi connectivity index (χ4n) is 4.67. The predicted molar refractivity (Wildman–Crippen MR) is 136 cm³/mol. The van der Waals surface area contributed by atoms with Crippen LogP contribution in [0.25, 0.3) is 5.57 Å². The first-order valence-corrected chi connectivity index (χ1v) is 11.7. The summed E-state index contributed by atoms with van der Waals surface area (Å²) in [4.78, 5) is 35.3. The third-order valence-corrected chi connectivity index (χ3v) is 6.42. The van der Waals surface area contributed by atoms with Gasteiger partial charge in [0.05, 0.1) is 11.3 Å². The number of pyridine rings is 1. The third kappa shape index (κ3) is 4.38. The van der Waals surface area contributed by atoms with Crippen LogP contribution >= 0.6 is 0 Å². The standard InChI is InChI=1S/C29H31N3O2/c1-6-31(16-13-23-11-14-30-15-12-23)27-26(24-9-7-19(2)17-21(24)4)28(33)32(29(27)34)25-10-8-20(3)18-22(25)5/h7-12,14-15,17-18H,6,13,16H2,1-5H3. The lowest BCUT2D eigenvalue weighted by Gasteiger charge is -2.25. The lowest BCUT2D eigenvalue weighted by molar-refractivity contribution is -0.120. The van der Waals surface area contributed by atoms with Crippen molar-refractivity contribution < 1.29 is 9.59 Å². The molecule has 174 valence electrons. The maximum Gasteiger partial charge on any atom is 0.282 e. The summed E-state index contributed by atoms with van der Waals surface area (Å²) >= 11 is 0. The largest absolute Gasteiger partial charge is 0.366 e. The van der Waals surface area contributed by atoms with Gasteiger partial charge in [0.15, 0.2) is 0 Å². The Bertz CT molecular complexity index is 1280. The molecule has 0 saturated heterocycles. The van der Waals surface area contributed by atoms with Gasteiger partial charge in [0, 0.05) is 25.5 Å². The molecule has 0 N–H and O–H groups in total. The molecule has 1 aromatic heterocycles. The van der Waals surface area contributed by atoms with Gasteiger partial charge in [0.1, 0.15) is 5.70 Å². The van der Waals surface area contributed by atoms with E-state index < -0.39 is 0 Å². The fraction of sp³-hybridized carbons (Fsp3) is 0.276. The molecule has 0 spiro atoms. The monoisotopic (exact) mass is 453 g/mol. The van der Waals surface area contributed by atoms with Gasteiger partial charge in [-0.1, -0.05) is 41.5 Å². The molecule has 1 aliphatic heterocycles. The number of amides is 2. The Morgan fingerprint density at radius 2 is 1.47 bits per heavy atom. The first-order valence-electron chi connectivity index (χ1n) is 11.7. The molecule has 0 saturated carbocycles. The van der Waals surface area contributed by atoms with Crippen molar-refractivity contribution in [2.75, 3.05) is 18.0 Å². The van der Waals surface area contributed by atoms with Gasteiger partial charge >= 0.3 is 0 Å². The van der Waals surface area contributed by atoms with E-state index >= 15 is 0 Å². The minimum atomic E-state index is -0.263. The van der Waals surface area contributed by atoms with Crippen LogP contribution in [0.3, 0.4) is 0 Å². The van der Waals surface area contributed by atoms with Gasteiger partial charge in [0.25, 0.3) is 11.8 Å². The number of likely N-dealkylation sites (N-methyl/N-ethyl adjacent to an activating group) is 1. The van der Waals surface area contributed by atoms with E-state index in [1.807, 2.05) is 82.0 Å². The second-order valence-electron chi connectivity index (χ2n) is 8.96. The molecule has 2 amide bonds. The average Bonchev–Trinajstić information content (AvgIpc) is 3.05. The van der Waals surface area contributed by atoms with Crippen molar-refractivity contribution in [3.05, 3.63) is 100 Å². The molecule has 2 heterocycles. The first kappa shape index (κ1) is 23.4. The van der Waals surface area contributed by atoms with E-state index in [9.17, 15) is 9.59 Å². The molecule has 4 rings (SSSR count). The van der Waals surface area contributed by atoms with Crippen molar-refractivity contribution in [2.24, 2.45) is 0 Å². The number of hydrogen-bond acceptors (Lipinski definition) is 4. The van der Waals surface area contributed by atoms with Crippen molar-refractivity contribution in [2.45, 2.75) is 41.0 Å². The van der Waals surface area contributed by atoms with Crippen LogP contribution in [-0.4, -0.2) is 34.8 Å². The van der Waals surface area contributed by atoms with Crippen LogP contribution in [0.15, 0.2) is 66.6 Å². The molecule has 5 heteroatoms. The summed E-state index contributed by atoms with van der Waals surface area (Å²) in [6.45, 7) is 11.3. The molecular weight excluding hydrogens is 422 g/mol. The summed E-state index contributed by atoms with van der Waals surface area (Å²) < 4.78 is 0. The van der Waals surface area contributed by atoms with Gasteiger partial charge in [-0.25, -0.2) is 4.90 Å². The fourth-order valence-corrected chi connectivity index (χ4v) is 4.67. The predicted octanol–water partition coefficient (Wildman–Crippen LogP) is 5.16. The number of rotatable bonds is 7. The summed E-state index contributed by atoms with van der Waals surface area (Å²) in [7, 11) is 0. The SMILES string of the molecule is CCN(CCc1ccncc1)C1=C(c2ccc(C)cc2C)C(=O)N(c2ccc(C)cc2C)C1=O. The number of nitrogens with zero attached hydrogens (tertiary/aromatic N) is 3. The summed E-state index contributed by atoms with van der Waals surface area (Å²) in [6, 6.07) is 15.8. The molecule has 0 unspecified atom stereocenters. The lowest BCUT2D eigenvalue weighted by Crippen LogP contribution is -2.36. The first-order chi connectivity index (χ1) is 16.3. The van der Waals surface area contributed by atoms with Crippen LogP contribution in [0, 0.1) is 27.7 Å². The second-order valence-corrected chi connectivity index (χ2v) is 8.96. The number of aromatic nitrogens is 1. The maximum atomic E-state index is 13.9. The molecule has 1 aliphatic rings. The van der Waals surface area contributed by atoms with Crippen molar-refractivity contribution in [1.29, 1.82) is 0 Å². The number of anilines is 1. The average molecular weight is 454 g/mol. The lowest BCUT2D eigenvalue weighted by atomic mass is 9.97. The zero-order valence-corrected chi connectivity index (χ0v) is 20.6. The molecule has 5 nitrogen and oxygen atoms in total. The smallest absolute Gasteiger partial charge is 0.282 e. The number of carbonyl (C=O) groups excluding carboxylic acids is 2. The quantitative estimate of drug-likeness (QED) is 0.464. The van der Waals surface area contributed by atoms with Crippen molar-refractivity contribution in [1.82, 2.24) is 9.88 Å². The number of carbonyl (C=O) groups is 2. The summed E-state index contributed by atoms with van der Waals surface area (Å²) in [5.41, 5.74) is 7.67. The Morgan fingerprint density at radius 1 is 0.824 bits per heavy atom. The van der Waals surface area contributed by atoms with Crippen LogP contribution in [0.1, 0.15) is 40.3 Å². The molecular formula is C29H31N3O2. The highest BCUT2D eigenvalue weighted by Gasteiger charge is 2.43. The Balaban J connectivity index is 1.82. The van der Waals surface area contributed by atoms with Crippen molar-refractivity contribution in [3.63, 3.8) is 0 Å². The zero-order chi connectivity index (χ0) is 24.4. The van der Waals surface area contributed by atoms with E-state index in [0.717, 1.165) is 39.8 Å². The zero-order valence-electron chi connectivity index (χ0n) is 20.6. The van der Waals surface area contributed by atoms with Crippen LogP contribution < -0.4 is 4.90 Å². The highest BCUT2D eigenvalue weighted by Crippen LogP contribution is 2.37. The second kappa shape index (κ2) is 9.64. The molecule has 0 radical (unpaired) electrons. The van der Waals surface area contributed by atoms with E-state index in [1.165, 1.54) is 4.90 Å². The summed E-state index contributed by atoms with van der Waals surface area (Å²) in [5, 5.41) is 0. The van der Waals surface area contributed by atoms with Gasteiger partial charge < -0.3 is 4.90 Å². The third-order valence-electron chi connectivity index (χ3n) is 6.42. The van der Waals surface area contributed by atoms with Gasteiger partial charge in [-0.15, -0.1) is 0 Å². The minimum Gasteiger partial charge on any atom is -0.366 e. The molecule has 34 heavy (non-hydrogen) atoms. The highest BCUT2D eigenvalue weighted by atomic mass is 16.2. The Labute approximate surface area is 201 Å². The van der Waals surface area contributed by atoms with E-state index in [1.54, 1.807) is 12.4 Å². The van der Waals surface area contributed by atoms with Gasteiger partial charge in [0.2, 0.25) is 0 Å². The Hall–Kier alpha value is -3.73. The Kier molecular flexibility index (Phi) is 6.64. The van der Waals surface area contributed by atoms with Crippen LogP contribution in [0.2, 0.25) is 0 Å². The Morgan fingerprint density at radius 3 is 2.09 bits per heavy atom. The molecule has 3 aromatic rings. The number of imide groups is 1. The highest BCUT2D eigenvalue weighted by molar-refractivity contribution is 6.45. The normalized spacial score (nSPS) is 13.7. The van der Waals surface area contributed by atoms with E-state index in [-0.39, 0.29) is 11.8 Å². The molecule has 0 atom stereocenters. The van der Waals surface area contributed by atoms with Crippen LogP contribution in [0.4, 0.5) is 5.69 Å². The van der Waals surface area contributed by atoms with Crippen LogP contribution in [0.5, 0.6) is 0 Å². The minimum absolute atomic E-state index is 0.261. The molecule has 0 aliphatic carbocycles. The van der Waals surface area contributed by atoms with Gasteiger partial charge in [-0.3, -0.25) is 14.6 Å². The van der Waals surface area contributed by atoms with Gasteiger partial charge in [-0.2, -0.15) is 0 Å². The molecule has 2 aromatic carbocycles. The van der Waals surface area contributed by atoms with Crippen molar-refractivity contribution >= 4 is 23.1 Å². The van der Waals surface area contributed by atoms with Crippen LogP contribution in [-0.2, 0) is 16.0 Å². The van der Waals surface area contributed by atoms with Crippen molar-refractivity contribution in [3.8, 4) is 0 Å². The topological polar surface area (TPSA) is 53.5 Å². The number of hydrogen-bond donors (Lipinski definition) is 0. The summed E-state index contributed by atoms with van der Waals surface area (Å²) in [6.07, 6.45) is 4.31. The molecule has 0 fully saturated rings. The van der Waals surface area contributed by atoms with E-state index in [4.69, 9.17) is 0 Å². The summed E-state index contributed by atoms with van der Waals surface area (Å²) in [5.74, 6) is -0.523.